The molecular weight excluding hydrogens is 451 g/mol. The minimum atomic E-state index is -0.629. The molecule has 0 atom stereocenters. The molecule has 2 heterocycles. The number of nitrogens with zero attached hydrogens (tertiary/aromatic N) is 3. The summed E-state index contributed by atoms with van der Waals surface area (Å²) in [5, 5.41) is 0. The lowest BCUT2D eigenvalue weighted by molar-refractivity contribution is 0.0931. The molecule has 0 aliphatic heterocycles. The third kappa shape index (κ3) is 4.51. The van der Waals surface area contributed by atoms with Gasteiger partial charge in [0, 0.05) is 5.75 Å². The number of aromatic nitrogens is 3. The zero-order chi connectivity index (χ0) is 23.9. The molecule has 0 aliphatic rings. The van der Waals surface area contributed by atoms with Crippen LogP contribution in [0.3, 0.4) is 0 Å². The predicted octanol–water partition coefficient (Wildman–Crippen LogP) is 5.90. The molecule has 0 unspecified atom stereocenters. The molecule has 176 valence electrons. The van der Waals surface area contributed by atoms with E-state index in [9.17, 15) is 4.39 Å². The zero-order valence-electron chi connectivity index (χ0n) is 19.4. The third-order valence-corrected chi connectivity index (χ3v) is 7.02. The van der Waals surface area contributed by atoms with Crippen LogP contribution in [0.4, 0.5) is 10.1 Å². The lowest BCUT2D eigenvalue weighted by atomic mass is 10.0. The maximum atomic E-state index is 13.6. The van der Waals surface area contributed by atoms with E-state index in [1.807, 2.05) is 47.0 Å². The van der Waals surface area contributed by atoms with Gasteiger partial charge in [0.1, 0.15) is 18.1 Å². The van der Waals surface area contributed by atoms with Gasteiger partial charge >= 0.3 is 0 Å². The smallest absolute Gasteiger partial charge is 0.264 e. The summed E-state index contributed by atoms with van der Waals surface area (Å²) in [6.07, 6.45) is 6.84. The van der Waals surface area contributed by atoms with E-state index in [2.05, 4.69) is 23.8 Å². The van der Waals surface area contributed by atoms with Crippen molar-refractivity contribution in [3.8, 4) is 22.8 Å². The Kier molecular flexibility index (Phi) is 5.79. The van der Waals surface area contributed by atoms with Gasteiger partial charge in [-0.3, -0.25) is 4.57 Å². The lowest BCUT2D eigenvalue weighted by Crippen LogP contribution is -2.10. The van der Waals surface area contributed by atoms with Gasteiger partial charge in [0.2, 0.25) is 0 Å². The Morgan fingerprint density at radius 3 is 2.53 bits per heavy atom. The highest BCUT2D eigenvalue weighted by Crippen LogP contribution is 2.34. The number of anilines is 1. The predicted molar refractivity (Wildman–Crippen MR) is 139 cm³/mol. The Bertz CT molecular complexity index is 1490. The van der Waals surface area contributed by atoms with Gasteiger partial charge in [-0.15, -0.1) is 0 Å². The van der Waals surface area contributed by atoms with Crippen molar-refractivity contribution in [1.82, 2.24) is 14.5 Å². The number of para-hydroxylation sites is 2. The van der Waals surface area contributed by atoms with Gasteiger partial charge in [-0.2, -0.15) is 0 Å². The van der Waals surface area contributed by atoms with Crippen LogP contribution in [-0.4, -0.2) is 45.7 Å². The van der Waals surface area contributed by atoms with Gasteiger partial charge in [-0.1, -0.05) is 24.3 Å². The summed E-state index contributed by atoms with van der Waals surface area (Å²) in [4.78, 5) is 9.47. The second-order valence-electron chi connectivity index (χ2n) is 9.12. The van der Waals surface area contributed by atoms with Crippen LogP contribution in [0.25, 0.3) is 45.0 Å². The van der Waals surface area contributed by atoms with E-state index in [1.54, 1.807) is 12.1 Å². The summed E-state index contributed by atoms with van der Waals surface area (Å²) in [5.74, 6) is 1.64. The number of hydrogen-bond acceptors (Lipinski definition) is 5. The summed E-state index contributed by atoms with van der Waals surface area (Å²) in [7, 11) is -0.629. The summed E-state index contributed by atoms with van der Waals surface area (Å²) in [6.45, 7) is 1.05. The maximum Gasteiger partial charge on any atom is 0.264 e. The second-order valence-corrected chi connectivity index (χ2v) is 13.7. The molecule has 5 rings (SSSR count). The molecule has 6 nitrogen and oxygen atoms in total. The summed E-state index contributed by atoms with van der Waals surface area (Å²) >= 11 is 0. The van der Waals surface area contributed by atoms with E-state index < -0.39 is 15.8 Å². The van der Waals surface area contributed by atoms with Crippen molar-refractivity contribution in [2.24, 2.45) is 0 Å². The highest BCUT2D eigenvalue weighted by atomic mass is 32.3. The lowest BCUT2D eigenvalue weighted by Gasteiger charge is -2.24. The standard InChI is InChI=1S/C26H27FN4O2S/c1-34(2,3)13-12-32-16-31-23-7-5-4-6-21(23)29-25(31)26-30-22-11-9-18(15-24(22)33-26)17-8-10-19(27)20(28)14-17/h4-11,14-15H,12-13,16,28H2,1-3H3. The van der Waals surface area contributed by atoms with E-state index in [0.717, 1.165) is 27.9 Å². The fourth-order valence-electron chi connectivity index (χ4n) is 3.76. The molecule has 0 aliphatic carbocycles. The van der Waals surface area contributed by atoms with Crippen molar-refractivity contribution in [3.63, 3.8) is 0 Å². The summed E-state index contributed by atoms with van der Waals surface area (Å²) in [5.41, 5.74) is 10.7. The van der Waals surface area contributed by atoms with Crippen LogP contribution >= 0.6 is 10.0 Å². The molecule has 34 heavy (non-hydrogen) atoms. The zero-order valence-corrected chi connectivity index (χ0v) is 20.2. The van der Waals surface area contributed by atoms with Gasteiger partial charge in [-0.05, 0) is 66.3 Å². The van der Waals surface area contributed by atoms with Crippen molar-refractivity contribution in [2.45, 2.75) is 6.73 Å². The van der Waals surface area contributed by atoms with E-state index in [0.29, 0.717) is 36.2 Å². The fraction of sp³-hybridized carbons (Fsp3) is 0.231. The number of nitrogen functional groups attached to an aromatic ring is 1. The Morgan fingerprint density at radius 1 is 0.971 bits per heavy atom. The minimum Gasteiger partial charge on any atom is -0.434 e. The van der Waals surface area contributed by atoms with E-state index in [4.69, 9.17) is 19.9 Å². The monoisotopic (exact) mass is 478 g/mol. The quantitative estimate of drug-likeness (QED) is 0.233. The normalized spacial score (nSPS) is 12.6. The molecule has 0 bridgehead atoms. The third-order valence-electron chi connectivity index (χ3n) is 5.62. The van der Waals surface area contributed by atoms with Gasteiger partial charge < -0.3 is 14.9 Å². The molecular formula is C26H27FN4O2S. The molecule has 0 saturated heterocycles. The summed E-state index contributed by atoms with van der Waals surface area (Å²) < 4.78 is 27.8. The van der Waals surface area contributed by atoms with Gasteiger partial charge in [0.25, 0.3) is 5.89 Å². The van der Waals surface area contributed by atoms with Crippen LogP contribution < -0.4 is 5.73 Å². The molecule has 0 spiro atoms. The number of fused-ring (bicyclic) bond motifs is 2. The van der Waals surface area contributed by atoms with Crippen LogP contribution in [0, 0.1) is 5.82 Å². The Labute approximate surface area is 198 Å². The molecule has 5 aromatic rings. The van der Waals surface area contributed by atoms with Crippen LogP contribution in [0.15, 0.2) is 65.1 Å². The number of ether oxygens (including phenoxy) is 1. The molecule has 3 aromatic carbocycles. The first kappa shape index (κ1) is 22.4. The van der Waals surface area contributed by atoms with Crippen LogP contribution in [0.5, 0.6) is 0 Å². The van der Waals surface area contributed by atoms with Crippen molar-refractivity contribution in [1.29, 1.82) is 0 Å². The van der Waals surface area contributed by atoms with Crippen LogP contribution in [-0.2, 0) is 11.5 Å². The van der Waals surface area contributed by atoms with E-state index in [-0.39, 0.29) is 5.69 Å². The summed E-state index contributed by atoms with van der Waals surface area (Å²) in [6, 6.07) is 18.3. The topological polar surface area (TPSA) is 79.1 Å². The van der Waals surface area contributed by atoms with Crippen molar-refractivity contribution in [3.05, 3.63) is 66.5 Å². The van der Waals surface area contributed by atoms with E-state index >= 15 is 0 Å². The SMILES string of the molecule is CS(C)(C)CCOCn1c(-c2nc3ccc(-c4ccc(F)c(N)c4)cc3o2)nc2ccccc21. The van der Waals surface area contributed by atoms with Crippen molar-refractivity contribution in [2.75, 3.05) is 36.9 Å². The number of imidazole rings is 1. The number of benzene rings is 3. The molecule has 2 aromatic heterocycles. The number of halogens is 1. The van der Waals surface area contributed by atoms with Gasteiger partial charge in [0.05, 0.1) is 23.3 Å². The highest BCUT2D eigenvalue weighted by molar-refractivity contribution is 8.32. The molecule has 8 heteroatoms. The fourth-order valence-corrected chi connectivity index (χ4v) is 4.38. The Morgan fingerprint density at radius 2 is 1.74 bits per heavy atom. The van der Waals surface area contributed by atoms with Crippen molar-refractivity contribution < 1.29 is 13.5 Å². The molecule has 0 radical (unpaired) electrons. The maximum absolute atomic E-state index is 13.6. The number of rotatable bonds is 7. The van der Waals surface area contributed by atoms with Crippen LogP contribution in [0.2, 0.25) is 0 Å². The number of nitrogens with two attached hydrogens (primary N) is 1. The molecule has 2 N–H and O–H groups in total. The highest BCUT2D eigenvalue weighted by Gasteiger charge is 2.19. The first-order valence-corrected chi connectivity index (χ1v) is 14.0. The van der Waals surface area contributed by atoms with E-state index in [1.165, 1.54) is 6.07 Å². The van der Waals surface area contributed by atoms with Crippen LogP contribution in [0.1, 0.15) is 0 Å². The second kappa shape index (κ2) is 8.77. The molecule has 0 amide bonds. The van der Waals surface area contributed by atoms with Crippen molar-refractivity contribution >= 4 is 37.8 Å². The minimum absolute atomic E-state index is 0.109. The van der Waals surface area contributed by atoms with Gasteiger partial charge in [0.15, 0.2) is 11.4 Å². The largest absolute Gasteiger partial charge is 0.434 e. The average molecular weight is 479 g/mol. The number of hydrogen-bond donors (Lipinski definition) is 1. The first-order chi connectivity index (χ1) is 16.3. The molecule has 0 saturated carbocycles. The first-order valence-electron chi connectivity index (χ1n) is 10.9. The molecule has 0 fully saturated rings. The Hall–Kier alpha value is -3.36. The number of oxazole rings is 1. The van der Waals surface area contributed by atoms with Gasteiger partial charge in [-0.25, -0.2) is 24.4 Å². The Balaban J connectivity index is 1.50. The average Bonchev–Trinajstić information content (AvgIpc) is 3.38.